The number of hydrogen-bond acceptors (Lipinski definition) is 4. The predicted molar refractivity (Wildman–Crippen MR) is 118 cm³/mol. The number of carbonyl (C=O) groups excluding carboxylic acids is 2. The van der Waals surface area contributed by atoms with E-state index < -0.39 is 0 Å². The van der Waals surface area contributed by atoms with E-state index in [0.29, 0.717) is 29.4 Å². The molecule has 1 aliphatic carbocycles. The molecule has 1 aliphatic heterocycles. The van der Waals surface area contributed by atoms with Gasteiger partial charge in [0.2, 0.25) is 5.91 Å². The van der Waals surface area contributed by atoms with E-state index in [1.54, 1.807) is 36.4 Å². The Morgan fingerprint density at radius 3 is 2.60 bits per heavy atom. The zero-order valence-electron chi connectivity index (χ0n) is 16.9. The number of nitrogens with zero attached hydrogens (tertiary/aromatic N) is 2. The molecule has 0 aromatic heterocycles. The monoisotopic (exact) mass is 427 g/mol. The van der Waals surface area contributed by atoms with Gasteiger partial charge < -0.3 is 10.2 Å². The smallest absolute Gasteiger partial charge is 0.253 e. The topological polar surface area (TPSA) is 52.7 Å². The van der Waals surface area contributed by atoms with Crippen molar-refractivity contribution in [1.82, 2.24) is 9.80 Å². The first-order valence-corrected chi connectivity index (χ1v) is 11.5. The number of amides is 2. The van der Waals surface area contributed by atoms with Crippen molar-refractivity contribution in [2.24, 2.45) is 0 Å². The second-order valence-corrected chi connectivity index (χ2v) is 8.99. The third-order valence-electron chi connectivity index (χ3n) is 5.43. The molecular formula is C23H26FN3O2S. The Hall–Kier alpha value is -2.38. The van der Waals surface area contributed by atoms with Crippen molar-refractivity contribution in [3.63, 3.8) is 0 Å². The van der Waals surface area contributed by atoms with Gasteiger partial charge in [0.25, 0.3) is 5.91 Å². The van der Waals surface area contributed by atoms with E-state index in [9.17, 15) is 14.0 Å². The lowest BCUT2D eigenvalue weighted by Crippen LogP contribution is -2.38. The highest BCUT2D eigenvalue weighted by Gasteiger charge is 2.30. The summed E-state index contributed by atoms with van der Waals surface area (Å²) in [7, 11) is 0. The van der Waals surface area contributed by atoms with Gasteiger partial charge in [-0.2, -0.15) is 11.8 Å². The minimum Gasteiger partial charge on any atom is -0.337 e. The van der Waals surface area contributed by atoms with Crippen LogP contribution in [0.5, 0.6) is 0 Å². The van der Waals surface area contributed by atoms with E-state index in [1.165, 1.54) is 6.07 Å². The molecule has 2 aliphatic rings. The van der Waals surface area contributed by atoms with Gasteiger partial charge in [0, 0.05) is 54.0 Å². The van der Waals surface area contributed by atoms with Crippen molar-refractivity contribution < 1.29 is 14.0 Å². The summed E-state index contributed by atoms with van der Waals surface area (Å²) in [6, 6.07) is 14.1. The summed E-state index contributed by atoms with van der Waals surface area (Å²) >= 11 is 1.86. The fourth-order valence-electron chi connectivity index (χ4n) is 3.66. The Morgan fingerprint density at radius 2 is 1.87 bits per heavy atom. The van der Waals surface area contributed by atoms with E-state index in [-0.39, 0.29) is 24.2 Å². The maximum Gasteiger partial charge on any atom is 0.253 e. The molecule has 4 rings (SSSR count). The molecule has 5 nitrogen and oxygen atoms in total. The van der Waals surface area contributed by atoms with Gasteiger partial charge in [0.05, 0.1) is 6.54 Å². The number of nitrogens with one attached hydrogen (secondary N) is 1. The lowest BCUT2D eigenvalue weighted by molar-refractivity contribution is -0.117. The van der Waals surface area contributed by atoms with Gasteiger partial charge in [0.1, 0.15) is 5.82 Å². The van der Waals surface area contributed by atoms with Gasteiger partial charge >= 0.3 is 0 Å². The molecular weight excluding hydrogens is 401 g/mol. The van der Waals surface area contributed by atoms with Gasteiger partial charge in [-0.3, -0.25) is 14.5 Å². The highest BCUT2D eigenvalue weighted by Crippen LogP contribution is 2.28. The van der Waals surface area contributed by atoms with Crippen LogP contribution in [0, 0.1) is 5.82 Å². The lowest BCUT2D eigenvalue weighted by atomic mass is 10.1. The van der Waals surface area contributed by atoms with E-state index in [0.717, 1.165) is 37.4 Å². The van der Waals surface area contributed by atoms with Crippen LogP contribution in [0.3, 0.4) is 0 Å². The zero-order valence-corrected chi connectivity index (χ0v) is 17.7. The first-order chi connectivity index (χ1) is 14.6. The van der Waals surface area contributed by atoms with Crippen molar-refractivity contribution in [2.45, 2.75) is 25.4 Å². The average Bonchev–Trinajstić information content (AvgIpc) is 3.60. The van der Waals surface area contributed by atoms with Crippen LogP contribution in [0.2, 0.25) is 0 Å². The molecule has 2 aromatic carbocycles. The molecule has 0 spiro atoms. The quantitative estimate of drug-likeness (QED) is 0.733. The van der Waals surface area contributed by atoms with E-state index in [2.05, 4.69) is 5.32 Å². The summed E-state index contributed by atoms with van der Waals surface area (Å²) in [6.45, 7) is 2.12. The SMILES string of the molecule is O=C(CN(Cc1ccccc1F)C1CC1)Nc1cccc(C(=O)N2CCSCC2)c1. The fraction of sp³-hybridized carbons (Fsp3) is 0.391. The predicted octanol–water partition coefficient (Wildman–Crippen LogP) is 3.62. The number of halogens is 1. The summed E-state index contributed by atoms with van der Waals surface area (Å²) in [5.74, 6) is 1.52. The molecule has 1 heterocycles. The Kier molecular flexibility index (Phi) is 6.69. The van der Waals surface area contributed by atoms with Crippen molar-refractivity contribution in [3.05, 3.63) is 65.5 Å². The summed E-state index contributed by atoms with van der Waals surface area (Å²) in [4.78, 5) is 29.3. The molecule has 0 unspecified atom stereocenters. The van der Waals surface area contributed by atoms with E-state index >= 15 is 0 Å². The van der Waals surface area contributed by atoms with E-state index in [1.807, 2.05) is 27.6 Å². The first-order valence-electron chi connectivity index (χ1n) is 10.3. The number of thioether (sulfide) groups is 1. The van der Waals surface area contributed by atoms with Crippen molar-refractivity contribution >= 4 is 29.3 Å². The van der Waals surface area contributed by atoms with Gasteiger partial charge in [-0.1, -0.05) is 24.3 Å². The van der Waals surface area contributed by atoms with Gasteiger partial charge in [0.15, 0.2) is 0 Å². The Labute approximate surface area is 180 Å². The van der Waals surface area contributed by atoms with Crippen LogP contribution < -0.4 is 5.32 Å². The second kappa shape index (κ2) is 9.62. The van der Waals surface area contributed by atoms with Crippen LogP contribution in [0.1, 0.15) is 28.8 Å². The molecule has 1 saturated carbocycles. The van der Waals surface area contributed by atoms with Crippen LogP contribution in [0.25, 0.3) is 0 Å². The molecule has 158 valence electrons. The fourth-order valence-corrected chi connectivity index (χ4v) is 4.57. The highest BCUT2D eigenvalue weighted by atomic mass is 32.2. The number of rotatable bonds is 7. The van der Waals surface area contributed by atoms with Crippen molar-refractivity contribution in [3.8, 4) is 0 Å². The molecule has 0 atom stereocenters. The summed E-state index contributed by atoms with van der Waals surface area (Å²) in [5.41, 5.74) is 1.80. The second-order valence-electron chi connectivity index (χ2n) is 7.76. The Bertz CT molecular complexity index is 913. The number of carbonyl (C=O) groups is 2. The Morgan fingerprint density at radius 1 is 1.10 bits per heavy atom. The summed E-state index contributed by atoms with van der Waals surface area (Å²) in [6.07, 6.45) is 2.06. The van der Waals surface area contributed by atoms with Crippen molar-refractivity contribution in [1.29, 1.82) is 0 Å². The third-order valence-corrected chi connectivity index (χ3v) is 6.38. The molecule has 2 aromatic rings. The molecule has 7 heteroatoms. The Balaban J connectivity index is 1.38. The maximum absolute atomic E-state index is 14.0. The normalized spacial score (nSPS) is 16.5. The van der Waals surface area contributed by atoms with Crippen LogP contribution in [0.15, 0.2) is 48.5 Å². The lowest BCUT2D eigenvalue weighted by Gasteiger charge is -2.26. The molecule has 1 N–H and O–H groups in total. The molecule has 1 saturated heterocycles. The number of hydrogen-bond donors (Lipinski definition) is 1. The van der Waals surface area contributed by atoms with Crippen LogP contribution in [-0.2, 0) is 11.3 Å². The summed E-state index contributed by atoms with van der Waals surface area (Å²) < 4.78 is 14.0. The average molecular weight is 428 g/mol. The van der Waals surface area contributed by atoms with E-state index in [4.69, 9.17) is 0 Å². The highest BCUT2D eigenvalue weighted by molar-refractivity contribution is 7.99. The van der Waals surface area contributed by atoms with Crippen LogP contribution in [-0.4, -0.2) is 58.8 Å². The largest absolute Gasteiger partial charge is 0.337 e. The van der Waals surface area contributed by atoms with Crippen LogP contribution >= 0.6 is 11.8 Å². The summed E-state index contributed by atoms with van der Waals surface area (Å²) in [5, 5.41) is 2.90. The molecule has 0 radical (unpaired) electrons. The first kappa shape index (κ1) is 20.9. The minimum absolute atomic E-state index is 0.00515. The van der Waals surface area contributed by atoms with Gasteiger partial charge in [-0.05, 0) is 37.1 Å². The number of anilines is 1. The minimum atomic E-state index is -0.245. The molecule has 2 fully saturated rings. The zero-order chi connectivity index (χ0) is 20.9. The molecule has 2 amide bonds. The standard InChI is InChI=1S/C23H26FN3O2S/c24-21-7-2-1-4-18(21)15-27(20-8-9-20)16-22(28)25-19-6-3-5-17(14-19)23(29)26-10-12-30-13-11-26/h1-7,14,20H,8-13,15-16H2,(H,25,28). The van der Waals surface area contributed by atoms with Gasteiger partial charge in [-0.15, -0.1) is 0 Å². The number of benzene rings is 2. The van der Waals surface area contributed by atoms with Gasteiger partial charge in [-0.25, -0.2) is 4.39 Å². The molecule has 0 bridgehead atoms. The van der Waals surface area contributed by atoms with Crippen LogP contribution in [0.4, 0.5) is 10.1 Å². The van der Waals surface area contributed by atoms with Crippen molar-refractivity contribution in [2.75, 3.05) is 36.5 Å². The maximum atomic E-state index is 14.0. The third kappa shape index (κ3) is 5.40. The molecule has 30 heavy (non-hydrogen) atoms.